The van der Waals surface area contributed by atoms with E-state index in [9.17, 15) is 0 Å². The molecule has 0 aromatic heterocycles. The maximum Gasteiger partial charge on any atom is 0.187 e. The fourth-order valence-electron chi connectivity index (χ4n) is 2.66. The van der Waals surface area contributed by atoms with Crippen LogP contribution in [0.2, 0.25) is 0 Å². The first-order valence-electron chi connectivity index (χ1n) is 8.53. The number of thiocarbonyl (C=S) groups is 1. The highest BCUT2D eigenvalue weighted by atomic mass is 32.1. The van der Waals surface area contributed by atoms with Gasteiger partial charge in [0.1, 0.15) is 5.75 Å². The van der Waals surface area contributed by atoms with Gasteiger partial charge >= 0.3 is 0 Å². The molecule has 0 amide bonds. The van der Waals surface area contributed by atoms with E-state index in [1.165, 1.54) is 0 Å². The van der Waals surface area contributed by atoms with Crippen molar-refractivity contribution in [2.45, 2.75) is 13.5 Å². The Labute approximate surface area is 158 Å². The summed E-state index contributed by atoms with van der Waals surface area (Å²) >= 11 is 5.28. The monoisotopic (exact) mass is 363 g/mol. The molecule has 0 fully saturated rings. The van der Waals surface area contributed by atoms with E-state index in [-0.39, 0.29) is 0 Å². The van der Waals surface area contributed by atoms with E-state index < -0.39 is 0 Å². The van der Waals surface area contributed by atoms with Gasteiger partial charge in [-0.15, -0.1) is 0 Å². The zero-order valence-corrected chi connectivity index (χ0v) is 15.4. The summed E-state index contributed by atoms with van der Waals surface area (Å²) in [6.07, 6.45) is 1.75. The van der Waals surface area contributed by atoms with Gasteiger partial charge in [-0.05, 0) is 41.5 Å². The lowest BCUT2D eigenvalue weighted by atomic mass is 10.0. The Balaban J connectivity index is 1.69. The highest BCUT2D eigenvalue weighted by molar-refractivity contribution is 7.80. The molecule has 0 unspecified atom stereocenters. The molecule has 0 aliphatic carbocycles. The molecule has 2 N–H and O–H groups in total. The molecule has 0 aliphatic heterocycles. The van der Waals surface area contributed by atoms with Crippen LogP contribution in [0.1, 0.15) is 18.1 Å². The molecule has 132 valence electrons. The van der Waals surface area contributed by atoms with E-state index in [0.29, 0.717) is 18.3 Å². The minimum Gasteiger partial charge on any atom is -0.493 e. The second-order valence-corrected chi connectivity index (χ2v) is 6.08. The van der Waals surface area contributed by atoms with E-state index in [2.05, 4.69) is 34.0 Å². The first kappa shape index (κ1) is 17.9. The van der Waals surface area contributed by atoms with Crippen LogP contribution < -0.4 is 15.5 Å². The van der Waals surface area contributed by atoms with Crippen LogP contribution in [0.5, 0.6) is 5.75 Å². The number of hydrazone groups is 1. The van der Waals surface area contributed by atoms with Crippen molar-refractivity contribution in [1.82, 2.24) is 10.7 Å². The summed E-state index contributed by atoms with van der Waals surface area (Å²) in [6.45, 7) is 3.22. The minimum absolute atomic E-state index is 0.475. The van der Waals surface area contributed by atoms with Crippen LogP contribution in [0, 0.1) is 0 Å². The summed E-state index contributed by atoms with van der Waals surface area (Å²) in [4.78, 5) is 0. The van der Waals surface area contributed by atoms with Crippen molar-refractivity contribution in [2.75, 3.05) is 6.61 Å². The van der Waals surface area contributed by atoms with Gasteiger partial charge in [-0.25, -0.2) is 0 Å². The molecule has 0 spiro atoms. The van der Waals surface area contributed by atoms with Gasteiger partial charge in [0.15, 0.2) is 5.11 Å². The highest BCUT2D eigenvalue weighted by Crippen LogP contribution is 2.26. The van der Waals surface area contributed by atoms with Gasteiger partial charge in [-0.2, -0.15) is 5.10 Å². The molecule has 0 saturated heterocycles. The van der Waals surface area contributed by atoms with Crippen molar-refractivity contribution in [1.29, 1.82) is 0 Å². The Kier molecular flexibility index (Phi) is 6.17. The molecular weight excluding hydrogens is 342 g/mol. The smallest absolute Gasteiger partial charge is 0.187 e. The van der Waals surface area contributed by atoms with Crippen LogP contribution in [0.4, 0.5) is 0 Å². The van der Waals surface area contributed by atoms with Crippen molar-refractivity contribution in [3.63, 3.8) is 0 Å². The first-order valence-corrected chi connectivity index (χ1v) is 8.94. The molecule has 0 atom stereocenters. The summed E-state index contributed by atoms with van der Waals surface area (Å²) < 4.78 is 5.74. The molecule has 0 bridgehead atoms. The molecule has 0 heterocycles. The van der Waals surface area contributed by atoms with Crippen molar-refractivity contribution >= 4 is 34.3 Å². The number of fused-ring (bicyclic) bond motifs is 1. The molecule has 0 aliphatic rings. The summed E-state index contributed by atoms with van der Waals surface area (Å²) in [5.41, 5.74) is 4.96. The third-order valence-corrected chi connectivity index (χ3v) is 4.12. The van der Waals surface area contributed by atoms with Gasteiger partial charge in [0, 0.05) is 12.1 Å². The molecular formula is C21H21N3OS. The van der Waals surface area contributed by atoms with E-state index >= 15 is 0 Å². The summed E-state index contributed by atoms with van der Waals surface area (Å²) in [7, 11) is 0. The standard InChI is InChI=1S/C21H21N3OS/c1-2-25-20-13-12-17-10-6-7-11-18(17)19(20)15-23-24-21(26)22-14-16-8-4-3-5-9-16/h3-13,15H,2,14H2,1H3,(H2,22,24,26)/b23-15+. The number of rotatable bonds is 6. The fraction of sp³-hybridized carbons (Fsp3) is 0.143. The number of hydrogen-bond donors (Lipinski definition) is 2. The lowest BCUT2D eigenvalue weighted by Crippen LogP contribution is -2.31. The maximum atomic E-state index is 5.74. The average Bonchev–Trinajstić information content (AvgIpc) is 2.69. The zero-order valence-electron chi connectivity index (χ0n) is 14.6. The van der Waals surface area contributed by atoms with Gasteiger partial charge in [-0.1, -0.05) is 60.7 Å². The molecule has 5 heteroatoms. The van der Waals surface area contributed by atoms with Gasteiger partial charge in [-0.3, -0.25) is 5.43 Å². The van der Waals surface area contributed by atoms with E-state index in [1.54, 1.807) is 6.21 Å². The molecule has 4 nitrogen and oxygen atoms in total. The normalized spacial score (nSPS) is 10.8. The molecule has 26 heavy (non-hydrogen) atoms. The Morgan fingerprint density at radius 1 is 1.04 bits per heavy atom. The molecule has 3 aromatic carbocycles. The fourth-order valence-corrected chi connectivity index (χ4v) is 2.79. The third-order valence-electron chi connectivity index (χ3n) is 3.89. The van der Waals surface area contributed by atoms with Gasteiger partial charge in [0.25, 0.3) is 0 Å². The second-order valence-electron chi connectivity index (χ2n) is 5.67. The molecule has 0 radical (unpaired) electrons. The number of nitrogens with one attached hydrogen (secondary N) is 2. The zero-order chi connectivity index (χ0) is 18.2. The summed E-state index contributed by atoms with van der Waals surface area (Å²) in [5.74, 6) is 0.805. The predicted octanol–water partition coefficient (Wildman–Crippen LogP) is 4.24. The average molecular weight is 363 g/mol. The predicted molar refractivity (Wildman–Crippen MR) is 112 cm³/mol. The third kappa shape index (κ3) is 4.58. The summed E-state index contributed by atoms with van der Waals surface area (Å²) in [6, 6.07) is 22.3. The Hall–Kier alpha value is -2.92. The Morgan fingerprint density at radius 3 is 2.62 bits per heavy atom. The van der Waals surface area contributed by atoms with Crippen LogP contribution >= 0.6 is 12.2 Å². The molecule has 3 aromatic rings. The van der Waals surface area contributed by atoms with Crippen molar-refractivity contribution < 1.29 is 4.74 Å². The van der Waals surface area contributed by atoms with E-state index in [1.807, 2.05) is 55.5 Å². The Morgan fingerprint density at radius 2 is 1.81 bits per heavy atom. The van der Waals surface area contributed by atoms with Gasteiger partial charge in [0.05, 0.1) is 12.8 Å². The second kappa shape index (κ2) is 8.97. The Bertz CT molecular complexity index is 910. The first-order chi connectivity index (χ1) is 12.8. The quantitative estimate of drug-likeness (QED) is 0.391. The number of hydrogen-bond acceptors (Lipinski definition) is 3. The lowest BCUT2D eigenvalue weighted by molar-refractivity contribution is 0.340. The van der Waals surface area contributed by atoms with Gasteiger partial charge in [0.2, 0.25) is 0 Å². The minimum atomic E-state index is 0.475. The highest BCUT2D eigenvalue weighted by Gasteiger charge is 2.06. The maximum absolute atomic E-state index is 5.74. The lowest BCUT2D eigenvalue weighted by Gasteiger charge is -2.10. The number of nitrogens with zero attached hydrogens (tertiary/aromatic N) is 1. The van der Waals surface area contributed by atoms with Gasteiger partial charge < -0.3 is 10.1 Å². The molecule has 0 saturated carbocycles. The van der Waals surface area contributed by atoms with Crippen molar-refractivity contribution in [3.8, 4) is 5.75 Å². The largest absolute Gasteiger partial charge is 0.493 e. The van der Waals surface area contributed by atoms with Crippen LogP contribution in [0.15, 0.2) is 71.8 Å². The molecule has 3 rings (SSSR count). The van der Waals surface area contributed by atoms with E-state index in [0.717, 1.165) is 27.6 Å². The number of benzene rings is 3. The van der Waals surface area contributed by atoms with Crippen LogP contribution in [0.25, 0.3) is 10.8 Å². The van der Waals surface area contributed by atoms with Crippen molar-refractivity contribution in [2.24, 2.45) is 5.10 Å². The van der Waals surface area contributed by atoms with Crippen LogP contribution in [0.3, 0.4) is 0 Å². The SMILES string of the molecule is CCOc1ccc2ccccc2c1/C=N/NC(=S)NCc1ccccc1. The topological polar surface area (TPSA) is 45.6 Å². The summed E-state index contributed by atoms with van der Waals surface area (Å²) in [5, 5.41) is 10.1. The van der Waals surface area contributed by atoms with Crippen molar-refractivity contribution in [3.05, 3.63) is 77.9 Å². The van der Waals surface area contributed by atoms with Crippen LogP contribution in [-0.2, 0) is 6.54 Å². The van der Waals surface area contributed by atoms with E-state index in [4.69, 9.17) is 17.0 Å². The van der Waals surface area contributed by atoms with Crippen LogP contribution in [-0.4, -0.2) is 17.9 Å². The number of ether oxygens (including phenoxy) is 1.